The Labute approximate surface area is 118 Å². The number of nitrogens with two attached hydrogens (primary N) is 1. The van der Waals surface area contributed by atoms with Crippen LogP contribution in [0.4, 0.5) is 0 Å². The first-order chi connectivity index (χ1) is 9.34. The second-order valence-corrected chi connectivity index (χ2v) is 5.48. The van der Waals surface area contributed by atoms with Gasteiger partial charge >= 0.3 is 0 Å². The van der Waals surface area contributed by atoms with Gasteiger partial charge in [-0.1, -0.05) is 54.2 Å². The average molecular weight is 276 g/mol. The molecule has 19 heavy (non-hydrogen) atoms. The molecule has 1 heterocycles. The SMILES string of the molecule is NC(=NCC1CCCO1)SC/C=C/c1ccccc1. The first-order valence-corrected chi connectivity index (χ1v) is 7.59. The molecule has 0 bridgehead atoms. The Morgan fingerprint density at radius 1 is 1.42 bits per heavy atom. The molecule has 1 aliphatic heterocycles. The molecule has 0 saturated carbocycles. The van der Waals surface area contributed by atoms with E-state index in [1.165, 1.54) is 5.56 Å². The monoisotopic (exact) mass is 276 g/mol. The van der Waals surface area contributed by atoms with Crippen molar-refractivity contribution in [2.24, 2.45) is 10.7 Å². The first kappa shape index (κ1) is 14.2. The number of amidine groups is 1. The van der Waals surface area contributed by atoms with Crippen molar-refractivity contribution in [3.8, 4) is 0 Å². The third kappa shape index (κ3) is 5.49. The lowest BCUT2D eigenvalue weighted by atomic mass is 10.2. The Bertz CT molecular complexity index is 425. The molecule has 1 aromatic carbocycles. The molecule has 2 N–H and O–H groups in total. The number of nitrogens with zero attached hydrogens (tertiary/aromatic N) is 1. The lowest BCUT2D eigenvalue weighted by molar-refractivity contribution is 0.118. The summed E-state index contributed by atoms with van der Waals surface area (Å²) in [6.07, 6.45) is 6.73. The van der Waals surface area contributed by atoms with E-state index in [1.807, 2.05) is 18.2 Å². The average Bonchev–Trinajstić information content (AvgIpc) is 2.96. The summed E-state index contributed by atoms with van der Waals surface area (Å²) < 4.78 is 5.50. The van der Waals surface area contributed by atoms with Crippen LogP contribution in [0.25, 0.3) is 6.08 Å². The van der Waals surface area contributed by atoms with Crippen LogP contribution in [0.15, 0.2) is 41.4 Å². The summed E-state index contributed by atoms with van der Waals surface area (Å²) in [6, 6.07) is 10.2. The summed E-state index contributed by atoms with van der Waals surface area (Å²) in [5.41, 5.74) is 7.06. The van der Waals surface area contributed by atoms with E-state index in [-0.39, 0.29) is 6.10 Å². The second-order valence-electron chi connectivity index (χ2n) is 4.44. The van der Waals surface area contributed by atoms with Crippen LogP contribution in [0, 0.1) is 0 Å². The summed E-state index contributed by atoms with van der Waals surface area (Å²) in [7, 11) is 0. The minimum atomic E-state index is 0.277. The van der Waals surface area contributed by atoms with Gasteiger partial charge in [0.1, 0.15) is 0 Å². The van der Waals surface area contributed by atoms with Gasteiger partial charge in [-0.3, -0.25) is 4.99 Å². The minimum Gasteiger partial charge on any atom is -0.379 e. The van der Waals surface area contributed by atoms with Gasteiger partial charge in [-0.15, -0.1) is 0 Å². The number of benzene rings is 1. The highest BCUT2D eigenvalue weighted by Crippen LogP contribution is 2.12. The molecule has 0 aliphatic carbocycles. The van der Waals surface area contributed by atoms with Crippen molar-refractivity contribution >= 4 is 23.0 Å². The number of rotatable bonds is 5. The molecule has 4 heteroatoms. The predicted octanol–water partition coefficient (Wildman–Crippen LogP) is 2.93. The normalized spacial score (nSPS) is 20.2. The van der Waals surface area contributed by atoms with Crippen LogP contribution < -0.4 is 5.73 Å². The molecule has 1 aliphatic rings. The number of hydrogen-bond donors (Lipinski definition) is 1. The molecule has 1 unspecified atom stereocenters. The van der Waals surface area contributed by atoms with Gasteiger partial charge in [0, 0.05) is 12.4 Å². The van der Waals surface area contributed by atoms with Gasteiger partial charge in [-0.2, -0.15) is 0 Å². The van der Waals surface area contributed by atoms with E-state index in [1.54, 1.807) is 11.8 Å². The molecular formula is C15H20N2OS. The van der Waals surface area contributed by atoms with Gasteiger partial charge in [0.05, 0.1) is 12.6 Å². The maximum atomic E-state index is 5.85. The van der Waals surface area contributed by atoms with Gasteiger partial charge < -0.3 is 10.5 Å². The highest BCUT2D eigenvalue weighted by atomic mass is 32.2. The van der Waals surface area contributed by atoms with Crippen molar-refractivity contribution in [1.29, 1.82) is 0 Å². The van der Waals surface area contributed by atoms with Gasteiger partial charge in [-0.25, -0.2) is 0 Å². The summed E-state index contributed by atoms with van der Waals surface area (Å²) in [5, 5.41) is 0.646. The Balaban J connectivity index is 1.67. The fourth-order valence-corrected chi connectivity index (χ4v) is 2.44. The summed E-state index contributed by atoms with van der Waals surface area (Å²) >= 11 is 1.56. The fourth-order valence-electron chi connectivity index (χ4n) is 1.91. The smallest absolute Gasteiger partial charge is 0.154 e. The third-order valence-electron chi connectivity index (χ3n) is 2.91. The number of ether oxygens (including phenoxy) is 1. The molecule has 2 rings (SSSR count). The standard InChI is InChI=1S/C15H20N2OS/c16-15(17-12-14-9-4-10-18-14)19-11-5-8-13-6-2-1-3-7-13/h1-3,5-8,14H,4,9-12H2,(H2,16,17)/b8-5+. The van der Waals surface area contributed by atoms with Crippen LogP contribution in [-0.2, 0) is 4.74 Å². The molecule has 1 aromatic rings. The van der Waals surface area contributed by atoms with E-state index < -0.39 is 0 Å². The molecule has 102 valence electrons. The third-order valence-corrected chi connectivity index (χ3v) is 3.70. The predicted molar refractivity (Wildman–Crippen MR) is 83.4 cm³/mol. The Morgan fingerprint density at radius 3 is 3.00 bits per heavy atom. The molecule has 0 amide bonds. The Morgan fingerprint density at radius 2 is 2.26 bits per heavy atom. The zero-order valence-electron chi connectivity index (χ0n) is 11.0. The Kier molecular flexibility index (Phi) is 5.98. The maximum absolute atomic E-state index is 5.85. The van der Waals surface area contributed by atoms with E-state index >= 15 is 0 Å². The van der Waals surface area contributed by atoms with Crippen LogP contribution in [0.1, 0.15) is 18.4 Å². The van der Waals surface area contributed by atoms with Gasteiger partial charge in [-0.05, 0) is 18.4 Å². The summed E-state index contributed by atoms with van der Waals surface area (Å²) in [6.45, 7) is 1.56. The van der Waals surface area contributed by atoms with Crippen LogP contribution in [0.3, 0.4) is 0 Å². The van der Waals surface area contributed by atoms with Crippen LogP contribution >= 0.6 is 11.8 Å². The van der Waals surface area contributed by atoms with Crippen molar-refractivity contribution in [1.82, 2.24) is 0 Å². The Hall–Kier alpha value is -1.26. The fraction of sp³-hybridized carbons (Fsp3) is 0.400. The largest absolute Gasteiger partial charge is 0.379 e. The molecule has 3 nitrogen and oxygen atoms in total. The molecule has 1 fully saturated rings. The number of hydrogen-bond acceptors (Lipinski definition) is 3. The highest BCUT2D eigenvalue weighted by molar-refractivity contribution is 8.13. The molecule has 1 atom stereocenters. The van der Waals surface area contributed by atoms with Gasteiger partial charge in [0.25, 0.3) is 0 Å². The maximum Gasteiger partial charge on any atom is 0.154 e. The van der Waals surface area contributed by atoms with Gasteiger partial charge in [0.15, 0.2) is 5.17 Å². The number of aliphatic imine (C=N–C) groups is 1. The van der Waals surface area contributed by atoms with Gasteiger partial charge in [0.2, 0.25) is 0 Å². The van der Waals surface area contributed by atoms with Crippen molar-refractivity contribution in [2.45, 2.75) is 18.9 Å². The quantitative estimate of drug-likeness (QED) is 0.664. The molecule has 0 aromatic heterocycles. The van der Waals surface area contributed by atoms with Crippen molar-refractivity contribution in [3.63, 3.8) is 0 Å². The van der Waals surface area contributed by atoms with Crippen molar-refractivity contribution in [2.75, 3.05) is 18.9 Å². The van der Waals surface area contributed by atoms with E-state index in [4.69, 9.17) is 10.5 Å². The van der Waals surface area contributed by atoms with E-state index in [2.05, 4.69) is 29.3 Å². The minimum absolute atomic E-state index is 0.277. The molecule has 0 radical (unpaired) electrons. The zero-order valence-corrected chi connectivity index (χ0v) is 11.8. The number of thioether (sulfide) groups is 1. The van der Waals surface area contributed by atoms with E-state index in [9.17, 15) is 0 Å². The molecular weight excluding hydrogens is 256 g/mol. The van der Waals surface area contributed by atoms with Crippen LogP contribution in [0.2, 0.25) is 0 Å². The lowest BCUT2D eigenvalue weighted by Crippen LogP contribution is -2.14. The summed E-state index contributed by atoms with van der Waals surface area (Å²) in [5.74, 6) is 0.843. The molecule has 0 spiro atoms. The summed E-state index contributed by atoms with van der Waals surface area (Å²) in [4.78, 5) is 4.35. The van der Waals surface area contributed by atoms with E-state index in [0.29, 0.717) is 11.7 Å². The van der Waals surface area contributed by atoms with E-state index in [0.717, 1.165) is 25.2 Å². The van der Waals surface area contributed by atoms with Crippen molar-refractivity contribution in [3.05, 3.63) is 42.0 Å². The highest BCUT2D eigenvalue weighted by Gasteiger charge is 2.14. The zero-order chi connectivity index (χ0) is 13.3. The molecule has 1 saturated heterocycles. The first-order valence-electron chi connectivity index (χ1n) is 6.60. The lowest BCUT2D eigenvalue weighted by Gasteiger charge is -2.05. The topological polar surface area (TPSA) is 47.6 Å². The van der Waals surface area contributed by atoms with Crippen LogP contribution in [-0.4, -0.2) is 30.2 Å². The van der Waals surface area contributed by atoms with Crippen molar-refractivity contribution < 1.29 is 4.74 Å². The van der Waals surface area contributed by atoms with Crippen LogP contribution in [0.5, 0.6) is 0 Å². The second kappa shape index (κ2) is 8.02.